The van der Waals surface area contributed by atoms with Crippen LogP contribution in [0.25, 0.3) is 11.2 Å². The van der Waals surface area contributed by atoms with Crippen molar-refractivity contribution in [2.75, 3.05) is 8.86 Å². The summed E-state index contributed by atoms with van der Waals surface area (Å²) >= 11 is 4.34. The fourth-order valence-electron chi connectivity index (χ4n) is 2.91. The van der Waals surface area contributed by atoms with Crippen LogP contribution < -0.4 is 0 Å². The summed E-state index contributed by atoms with van der Waals surface area (Å²) in [6.45, 7) is 1.87. The van der Waals surface area contributed by atoms with E-state index in [9.17, 15) is 19.8 Å². The number of rotatable bonds is 4. The van der Waals surface area contributed by atoms with Gasteiger partial charge >= 0.3 is 11.9 Å². The second kappa shape index (κ2) is 4.95. The fraction of sp³-hybridized carbons (Fsp3) is 0.385. The Morgan fingerprint density at radius 2 is 1.76 bits per heavy atom. The van der Waals surface area contributed by atoms with Crippen LogP contribution in [0.3, 0.4) is 0 Å². The van der Waals surface area contributed by atoms with E-state index in [4.69, 9.17) is 9.15 Å². The van der Waals surface area contributed by atoms with Crippen molar-refractivity contribution >= 4 is 68.3 Å². The Morgan fingerprint density at radius 3 is 2.24 bits per heavy atom. The zero-order valence-electron chi connectivity index (χ0n) is 10.8. The summed E-state index contributed by atoms with van der Waals surface area (Å²) in [5.74, 6) is -2.59. The molecule has 1 unspecified atom stereocenters. The van der Waals surface area contributed by atoms with E-state index in [1.54, 1.807) is 0 Å². The number of ether oxygens (including phenoxy) is 1. The molecule has 3 rings (SSSR count). The molecule has 2 aromatic rings. The van der Waals surface area contributed by atoms with Crippen molar-refractivity contribution in [3.05, 3.63) is 22.3 Å². The molecule has 0 fully saturated rings. The SMILES string of the molecule is C[C@@]1(CI)OC(CI)c2c1c1oc2c(C(=O)O)c1C(=O)O. The standard InChI is InChI=1S/C13H10I2O6/c1-13(3-15)8-5(4(2-14)21-13)9-6(11(16)17)7(12(18)19)10(8)20-9/h4H,2-3H2,1H3,(H,16,17)(H,18,19)/t4?,13-/m0/s1. The molecule has 0 saturated carbocycles. The molecule has 0 radical (unpaired) electrons. The second-order valence-corrected chi connectivity index (χ2v) is 6.68. The third-order valence-corrected chi connectivity index (χ3v) is 5.98. The molecule has 6 nitrogen and oxygen atoms in total. The van der Waals surface area contributed by atoms with E-state index in [0.717, 1.165) is 0 Å². The van der Waals surface area contributed by atoms with Crippen molar-refractivity contribution in [2.24, 2.45) is 0 Å². The Kier molecular flexibility index (Phi) is 3.60. The molecular formula is C13H10I2O6. The molecule has 2 aromatic heterocycles. The van der Waals surface area contributed by atoms with E-state index in [1.165, 1.54) is 0 Å². The molecule has 8 heteroatoms. The van der Waals surface area contributed by atoms with Gasteiger partial charge in [0.2, 0.25) is 0 Å². The molecule has 0 saturated heterocycles. The minimum absolute atomic E-state index is 0.136. The van der Waals surface area contributed by atoms with Gasteiger partial charge in [-0.05, 0) is 6.92 Å². The van der Waals surface area contributed by atoms with Crippen molar-refractivity contribution in [1.82, 2.24) is 0 Å². The third kappa shape index (κ3) is 1.91. The monoisotopic (exact) mass is 516 g/mol. The largest absolute Gasteiger partial charge is 0.478 e. The van der Waals surface area contributed by atoms with Crippen LogP contribution in [0, 0.1) is 0 Å². The number of aromatic carboxylic acids is 2. The van der Waals surface area contributed by atoms with E-state index in [1.807, 2.05) is 6.92 Å². The molecule has 0 aromatic carbocycles. The van der Waals surface area contributed by atoms with Gasteiger partial charge in [-0.15, -0.1) is 0 Å². The van der Waals surface area contributed by atoms with Gasteiger partial charge in [0.15, 0.2) is 0 Å². The normalized spacial score (nSPS) is 24.6. The van der Waals surface area contributed by atoms with Crippen LogP contribution >= 0.6 is 45.2 Å². The molecule has 112 valence electrons. The highest BCUT2D eigenvalue weighted by Gasteiger charge is 2.49. The number of furan rings is 2. The third-order valence-electron chi connectivity index (χ3n) is 3.73. The Hall–Kier alpha value is -0.620. The van der Waals surface area contributed by atoms with Gasteiger partial charge in [0.1, 0.15) is 27.9 Å². The van der Waals surface area contributed by atoms with Gasteiger partial charge in [0.25, 0.3) is 0 Å². The van der Waals surface area contributed by atoms with Gasteiger partial charge in [-0.2, -0.15) is 0 Å². The first-order chi connectivity index (χ1) is 9.85. The lowest BCUT2D eigenvalue weighted by Gasteiger charge is -2.23. The predicted octanol–water partition coefficient (Wildman–Crippen LogP) is 3.42. The number of fused-ring (bicyclic) bond motifs is 5. The van der Waals surface area contributed by atoms with Crippen LogP contribution in [0.1, 0.15) is 44.9 Å². The lowest BCUT2D eigenvalue weighted by molar-refractivity contribution is -0.0347. The molecule has 3 heterocycles. The maximum absolute atomic E-state index is 11.4. The zero-order valence-corrected chi connectivity index (χ0v) is 15.1. The van der Waals surface area contributed by atoms with Crippen LogP contribution in [-0.4, -0.2) is 31.0 Å². The van der Waals surface area contributed by atoms with E-state index >= 15 is 0 Å². The molecule has 1 aliphatic heterocycles. The number of alkyl halides is 2. The summed E-state index contributed by atoms with van der Waals surface area (Å²) in [6.07, 6.45) is -0.280. The van der Waals surface area contributed by atoms with Crippen LogP contribution in [0.4, 0.5) is 0 Å². The van der Waals surface area contributed by atoms with Gasteiger partial charge in [0, 0.05) is 20.0 Å². The maximum atomic E-state index is 11.4. The first kappa shape index (κ1) is 15.3. The summed E-state index contributed by atoms with van der Waals surface area (Å²) < 4.78 is 12.8. The van der Waals surface area contributed by atoms with Gasteiger partial charge in [-0.1, -0.05) is 45.2 Å². The van der Waals surface area contributed by atoms with E-state index in [0.29, 0.717) is 20.0 Å². The van der Waals surface area contributed by atoms with Crippen LogP contribution in [-0.2, 0) is 10.3 Å². The molecule has 1 aliphatic rings. The summed E-state index contributed by atoms with van der Waals surface area (Å²) in [4.78, 5) is 22.9. The zero-order chi connectivity index (χ0) is 15.5. The Labute approximate surface area is 146 Å². The number of hydrogen-bond donors (Lipinski definition) is 2. The van der Waals surface area contributed by atoms with Gasteiger partial charge in [0.05, 0.1) is 6.10 Å². The molecule has 0 spiro atoms. The van der Waals surface area contributed by atoms with Crippen molar-refractivity contribution in [1.29, 1.82) is 0 Å². The van der Waals surface area contributed by atoms with Crippen molar-refractivity contribution in [3.63, 3.8) is 0 Å². The Balaban J connectivity index is 2.40. The average Bonchev–Trinajstić information content (AvgIpc) is 3.06. The minimum Gasteiger partial charge on any atom is -0.478 e. The molecule has 2 N–H and O–H groups in total. The van der Waals surface area contributed by atoms with E-state index in [-0.39, 0.29) is 28.4 Å². The van der Waals surface area contributed by atoms with E-state index in [2.05, 4.69) is 45.2 Å². The maximum Gasteiger partial charge on any atom is 0.340 e. The fourth-order valence-corrected chi connectivity index (χ4v) is 4.09. The molecule has 0 amide bonds. The molecule has 0 aliphatic carbocycles. The average molecular weight is 516 g/mol. The second-order valence-electron chi connectivity index (χ2n) is 5.03. The van der Waals surface area contributed by atoms with Gasteiger partial charge < -0.3 is 19.4 Å². The summed E-state index contributed by atoms with van der Waals surface area (Å²) in [7, 11) is 0. The topological polar surface area (TPSA) is 97.0 Å². The van der Waals surface area contributed by atoms with Gasteiger partial charge in [-0.3, -0.25) is 0 Å². The Bertz CT molecular complexity index is 751. The smallest absolute Gasteiger partial charge is 0.340 e. The van der Waals surface area contributed by atoms with Crippen LogP contribution in [0.15, 0.2) is 4.42 Å². The lowest BCUT2D eigenvalue weighted by atomic mass is 9.90. The molecule has 21 heavy (non-hydrogen) atoms. The first-order valence-corrected chi connectivity index (χ1v) is 9.09. The number of benzene rings is 1. The van der Waals surface area contributed by atoms with Gasteiger partial charge in [-0.25, -0.2) is 9.59 Å². The number of carboxylic acids is 2. The number of carboxylic acid groups (broad SMARTS) is 2. The van der Waals surface area contributed by atoms with Crippen molar-refractivity contribution in [2.45, 2.75) is 18.6 Å². The van der Waals surface area contributed by atoms with Crippen LogP contribution in [0.5, 0.6) is 0 Å². The predicted molar refractivity (Wildman–Crippen MR) is 90.3 cm³/mol. The highest BCUT2D eigenvalue weighted by atomic mass is 127. The number of halogens is 2. The first-order valence-electron chi connectivity index (χ1n) is 6.04. The van der Waals surface area contributed by atoms with Crippen LogP contribution in [0.2, 0.25) is 0 Å². The van der Waals surface area contributed by atoms with Crippen molar-refractivity contribution < 1.29 is 29.0 Å². The molecular weight excluding hydrogens is 506 g/mol. The molecule has 2 bridgehead atoms. The highest BCUT2D eigenvalue weighted by molar-refractivity contribution is 14.1. The number of hydrogen-bond acceptors (Lipinski definition) is 4. The minimum atomic E-state index is -1.29. The Morgan fingerprint density at radius 1 is 1.19 bits per heavy atom. The highest BCUT2D eigenvalue weighted by Crippen LogP contribution is 2.54. The quantitative estimate of drug-likeness (QED) is 0.478. The lowest BCUT2D eigenvalue weighted by Crippen LogP contribution is -2.23. The van der Waals surface area contributed by atoms with E-state index < -0.39 is 17.5 Å². The molecule has 2 atom stereocenters. The summed E-state index contributed by atoms with van der Waals surface area (Å²) in [6, 6.07) is 0. The number of carbonyl (C=O) groups is 2. The summed E-state index contributed by atoms with van der Waals surface area (Å²) in [5, 5.41) is 18.7. The summed E-state index contributed by atoms with van der Waals surface area (Å²) in [5.41, 5.74) is 0.457. The van der Waals surface area contributed by atoms with Crippen molar-refractivity contribution in [3.8, 4) is 0 Å².